The molecule has 0 aliphatic rings. The van der Waals surface area contributed by atoms with E-state index in [9.17, 15) is 9.59 Å². The molecule has 0 bridgehead atoms. The molecule has 0 saturated heterocycles. The SMILES string of the molecule is O=C(NCc1cccs1)c1nc2cccnc2n(CCc2ccccc2)c1=O. The van der Waals surface area contributed by atoms with Crippen molar-refractivity contribution < 1.29 is 4.79 Å². The Morgan fingerprint density at radius 3 is 2.71 bits per heavy atom. The number of aromatic nitrogens is 3. The van der Waals surface area contributed by atoms with E-state index in [1.54, 1.807) is 29.7 Å². The Bertz CT molecular complexity index is 1150. The number of hydrogen-bond donors (Lipinski definition) is 1. The Morgan fingerprint density at radius 1 is 1.07 bits per heavy atom. The minimum Gasteiger partial charge on any atom is -0.346 e. The molecule has 0 aliphatic carbocycles. The maximum Gasteiger partial charge on any atom is 0.283 e. The van der Waals surface area contributed by atoms with Crippen LogP contribution in [0.5, 0.6) is 0 Å². The van der Waals surface area contributed by atoms with E-state index in [0.29, 0.717) is 30.7 Å². The van der Waals surface area contributed by atoms with Crippen LogP contribution in [0.1, 0.15) is 20.9 Å². The fourth-order valence-electron chi connectivity index (χ4n) is 2.98. The van der Waals surface area contributed by atoms with Gasteiger partial charge in [0.05, 0.1) is 6.54 Å². The van der Waals surface area contributed by atoms with Gasteiger partial charge in [-0.05, 0) is 35.6 Å². The highest BCUT2D eigenvalue weighted by atomic mass is 32.1. The summed E-state index contributed by atoms with van der Waals surface area (Å²) < 4.78 is 1.54. The first-order chi connectivity index (χ1) is 13.7. The zero-order chi connectivity index (χ0) is 19.3. The fraction of sp³-hybridized carbons (Fsp3) is 0.143. The predicted octanol–water partition coefficient (Wildman–Crippen LogP) is 3.03. The second-order valence-electron chi connectivity index (χ2n) is 6.26. The zero-order valence-electron chi connectivity index (χ0n) is 15.0. The number of thiophene rings is 1. The Morgan fingerprint density at radius 2 is 1.93 bits per heavy atom. The Labute approximate surface area is 165 Å². The van der Waals surface area contributed by atoms with Crippen LogP contribution in [-0.4, -0.2) is 20.4 Å². The van der Waals surface area contributed by atoms with Crippen molar-refractivity contribution in [1.29, 1.82) is 0 Å². The molecule has 6 nitrogen and oxygen atoms in total. The lowest BCUT2D eigenvalue weighted by Gasteiger charge is -2.11. The molecule has 0 fully saturated rings. The van der Waals surface area contributed by atoms with Crippen LogP contribution in [0.4, 0.5) is 0 Å². The van der Waals surface area contributed by atoms with Crippen molar-refractivity contribution in [2.75, 3.05) is 0 Å². The normalized spacial score (nSPS) is 10.9. The van der Waals surface area contributed by atoms with Gasteiger partial charge < -0.3 is 5.32 Å². The Balaban J connectivity index is 1.66. The summed E-state index contributed by atoms with van der Waals surface area (Å²) in [5, 5.41) is 4.73. The molecule has 0 spiro atoms. The van der Waals surface area contributed by atoms with E-state index in [1.807, 2.05) is 47.8 Å². The average Bonchev–Trinajstić information content (AvgIpc) is 3.25. The van der Waals surface area contributed by atoms with Crippen molar-refractivity contribution in [2.45, 2.75) is 19.5 Å². The standard InChI is InChI=1S/C21H18N4O2S/c26-20(23-14-16-8-5-13-28-16)18-21(27)25(12-10-15-6-2-1-3-7-15)19-17(24-18)9-4-11-22-19/h1-9,11,13H,10,12,14H2,(H,23,26). The number of pyridine rings is 1. The maximum atomic E-state index is 13.0. The van der Waals surface area contributed by atoms with Gasteiger partial charge in [-0.15, -0.1) is 11.3 Å². The van der Waals surface area contributed by atoms with Crippen LogP contribution in [0.15, 0.2) is 71.0 Å². The number of rotatable bonds is 6. The molecule has 0 unspecified atom stereocenters. The number of carbonyl (C=O) groups excluding carboxylic acids is 1. The first-order valence-corrected chi connectivity index (χ1v) is 9.80. The fourth-order valence-corrected chi connectivity index (χ4v) is 3.63. The van der Waals surface area contributed by atoms with Crippen LogP contribution in [0, 0.1) is 0 Å². The van der Waals surface area contributed by atoms with Gasteiger partial charge in [0.15, 0.2) is 11.3 Å². The number of fused-ring (bicyclic) bond motifs is 1. The highest BCUT2D eigenvalue weighted by molar-refractivity contribution is 7.09. The van der Waals surface area contributed by atoms with Gasteiger partial charge in [-0.3, -0.25) is 14.2 Å². The number of hydrogen-bond acceptors (Lipinski definition) is 5. The predicted molar refractivity (Wildman–Crippen MR) is 109 cm³/mol. The van der Waals surface area contributed by atoms with Crippen molar-refractivity contribution in [3.63, 3.8) is 0 Å². The van der Waals surface area contributed by atoms with Crippen LogP contribution in [0.25, 0.3) is 11.2 Å². The summed E-state index contributed by atoms with van der Waals surface area (Å²) in [6, 6.07) is 17.3. The van der Waals surface area contributed by atoms with Crippen molar-refractivity contribution >= 4 is 28.4 Å². The lowest BCUT2D eigenvalue weighted by atomic mass is 10.1. The molecule has 4 rings (SSSR count). The molecule has 140 valence electrons. The monoisotopic (exact) mass is 390 g/mol. The minimum absolute atomic E-state index is 0.106. The topological polar surface area (TPSA) is 76.9 Å². The molecule has 3 aromatic heterocycles. The maximum absolute atomic E-state index is 13.0. The van der Waals surface area contributed by atoms with Gasteiger partial charge in [-0.1, -0.05) is 36.4 Å². The summed E-state index contributed by atoms with van der Waals surface area (Å²) in [6.07, 6.45) is 2.28. The van der Waals surface area contributed by atoms with E-state index in [2.05, 4.69) is 15.3 Å². The first kappa shape index (κ1) is 18.1. The molecule has 28 heavy (non-hydrogen) atoms. The molecule has 1 N–H and O–H groups in total. The van der Waals surface area contributed by atoms with E-state index < -0.39 is 11.5 Å². The van der Waals surface area contributed by atoms with Gasteiger partial charge in [0.2, 0.25) is 0 Å². The lowest BCUT2D eigenvalue weighted by Crippen LogP contribution is -2.35. The highest BCUT2D eigenvalue weighted by Crippen LogP contribution is 2.10. The van der Waals surface area contributed by atoms with Crippen LogP contribution in [-0.2, 0) is 19.5 Å². The third kappa shape index (κ3) is 3.84. The second kappa shape index (κ2) is 8.14. The zero-order valence-corrected chi connectivity index (χ0v) is 15.9. The summed E-state index contributed by atoms with van der Waals surface area (Å²) in [6.45, 7) is 0.788. The Kier molecular flexibility index (Phi) is 5.25. The number of benzene rings is 1. The van der Waals surface area contributed by atoms with Gasteiger partial charge in [0.25, 0.3) is 11.5 Å². The van der Waals surface area contributed by atoms with Crippen molar-refractivity contribution in [1.82, 2.24) is 19.9 Å². The molecule has 0 atom stereocenters. The number of nitrogens with zero attached hydrogens (tertiary/aromatic N) is 3. The third-order valence-electron chi connectivity index (χ3n) is 4.39. The van der Waals surface area contributed by atoms with Gasteiger partial charge in [-0.25, -0.2) is 9.97 Å². The van der Waals surface area contributed by atoms with Crippen molar-refractivity contribution in [3.05, 3.63) is 92.7 Å². The third-order valence-corrected chi connectivity index (χ3v) is 5.26. The highest BCUT2D eigenvalue weighted by Gasteiger charge is 2.18. The number of nitrogens with one attached hydrogen (secondary N) is 1. The molecule has 1 aromatic carbocycles. The van der Waals surface area contributed by atoms with Gasteiger partial charge >= 0.3 is 0 Å². The summed E-state index contributed by atoms with van der Waals surface area (Å²) in [5.74, 6) is -0.474. The molecule has 0 radical (unpaired) electrons. The quantitative estimate of drug-likeness (QED) is 0.549. The molecule has 4 aromatic rings. The summed E-state index contributed by atoms with van der Waals surface area (Å²) >= 11 is 1.55. The van der Waals surface area contributed by atoms with Crippen molar-refractivity contribution in [3.8, 4) is 0 Å². The molecule has 3 heterocycles. The minimum atomic E-state index is -0.474. The molecule has 1 amide bonds. The van der Waals surface area contributed by atoms with Gasteiger partial charge in [0.1, 0.15) is 5.52 Å². The van der Waals surface area contributed by atoms with Crippen LogP contribution < -0.4 is 10.9 Å². The van der Waals surface area contributed by atoms with E-state index in [1.165, 1.54) is 4.57 Å². The van der Waals surface area contributed by atoms with E-state index in [4.69, 9.17) is 0 Å². The second-order valence-corrected chi connectivity index (χ2v) is 7.29. The van der Waals surface area contributed by atoms with E-state index in [-0.39, 0.29) is 5.69 Å². The first-order valence-electron chi connectivity index (χ1n) is 8.92. The molecule has 0 aliphatic heterocycles. The van der Waals surface area contributed by atoms with Gasteiger partial charge in [-0.2, -0.15) is 0 Å². The van der Waals surface area contributed by atoms with Crippen LogP contribution in [0.2, 0.25) is 0 Å². The smallest absolute Gasteiger partial charge is 0.283 e. The molecule has 0 saturated carbocycles. The van der Waals surface area contributed by atoms with Crippen LogP contribution >= 0.6 is 11.3 Å². The van der Waals surface area contributed by atoms with Crippen molar-refractivity contribution in [2.24, 2.45) is 0 Å². The number of amides is 1. The number of aryl methyl sites for hydroxylation is 2. The Hall–Kier alpha value is -3.32. The largest absolute Gasteiger partial charge is 0.346 e. The summed E-state index contributed by atoms with van der Waals surface area (Å²) in [5.41, 5.74) is 1.59. The van der Waals surface area contributed by atoms with Gasteiger partial charge in [0, 0.05) is 17.6 Å². The summed E-state index contributed by atoms with van der Waals surface area (Å²) in [7, 11) is 0. The molecular formula is C21H18N4O2S. The molecular weight excluding hydrogens is 372 g/mol. The lowest BCUT2D eigenvalue weighted by molar-refractivity contribution is 0.0944. The van der Waals surface area contributed by atoms with Crippen LogP contribution in [0.3, 0.4) is 0 Å². The average molecular weight is 390 g/mol. The van der Waals surface area contributed by atoms with E-state index in [0.717, 1.165) is 10.4 Å². The number of carbonyl (C=O) groups is 1. The van der Waals surface area contributed by atoms with E-state index >= 15 is 0 Å². The summed E-state index contributed by atoms with van der Waals surface area (Å²) in [4.78, 5) is 35.2. The molecule has 7 heteroatoms.